The number of nitrogens with zero attached hydrogens (tertiary/aromatic N) is 2. The van der Waals surface area contributed by atoms with Gasteiger partial charge in [0, 0.05) is 27.3 Å². The average molecular weight is 441 g/mol. The third-order valence-corrected chi connectivity index (χ3v) is 6.50. The minimum atomic E-state index is 0.140. The number of hydrogen-bond donors (Lipinski definition) is 0. The predicted molar refractivity (Wildman–Crippen MR) is 132 cm³/mol. The highest BCUT2D eigenvalue weighted by molar-refractivity contribution is 6.16. The summed E-state index contributed by atoms with van der Waals surface area (Å²) in [6.07, 6.45) is 3.57. The van der Waals surface area contributed by atoms with Crippen LogP contribution in [0.1, 0.15) is 29.6 Å². The van der Waals surface area contributed by atoms with E-state index >= 15 is 0 Å². The molecule has 33 heavy (non-hydrogen) atoms. The van der Waals surface area contributed by atoms with Gasteiger partial charge in [0.25, 0.3) is 0 Å². The topological polar surface area (TPSA) is 51.7 Å². The number of carbonyl (C=O) groups is 1. The number of ether oxygens (including phenoxy) is 2. The molecule has 5 rings (SSSR count). The molecule has 0 amide bonds. The van der Waals surface area contributed by atoms with Crippen molar-refractivity contribution in [2.75, 3.05) is 33.9 Å². The first-order valence-corrected chi connectivity index (χ1v) is 11.5. The number of pyridine rings is 1. The SMILES string of the molecule is COc1ccc2c(ccc3c(C(=O)CN4CCCCC4)cc(-c4ccccc4)nc32)c1OC. The Morgan fingerprint density at radius 3 is 2.33 bits per heavy atom. The van der Waals surface area contributed by atoms with Crippen LogP contribution in [0.3, 0.4) is 0 Å². The van der Waals surface area contributed by atoms with Gasteiger partial charge >= 0.3 is 0 Å². The maximum Gasteiger partial charge on any atom is 0.177 e. The molecule has 1 aliphatic heterocycles. The zero-order valence-corrected chi connectivity index (χ0v) is 19.1. The third-order valence-electron chi connectivity index (χ3n) is 6.50. The summed E-state index contributed by atoms with van der Waals surface area (Å²) in [6, 6.07) is 19.9. The van der Waals surface area contributed by atoms with E-state index in [1.807, 2.05) is 60.7 Å². The van der Waals surface area contributed by atoms with Gasteiger partial charge < -0.3 is 9.47 Å². The van der Waals surface area contributed by atoms with Gasteiger partial charge in [-0.05, 0) is 50.2 Å². The van der Waals surface area contributed by atoms with Crippen LogP contribution in [0.4, 0.5) is 0 Å². The lowest BCUT2D eigenvalue weighted by Gasteiger charge is -2.25. The number of carbonyl (C=O) groups excluding carboxylic acids is 1. The van der Waals surface area contributed by atoms with Gasteiger partial charge in [-0.2, -0.15) is 0 Å². The Morgan fingerprint density at radius 1 is 0.879 bits per heavy atom. The molecule has 0 N–H and O–H groups in total. The first-order chi connectivity index (χ1) is 16.2. The molecule has 2 heterocycles. The van der Waals surface area contributed by atoms with E-state index < -0.39 is 0 Å². The monoisotopic (exact) mass is 440 g/mol. The van der Waals surface area contributed by atoms with E-state index in [0.29, 0.717) is 18.0 Å². The van der Waals surface area contributed by atoms with Gasteiger partial charge in [-0.25, -0.2) is 4.98 Å². The Kier molecular flexibility index (Phi) is 5.97. The van der Waals surface area contributed by atoms with Crippen molar-refractivity contribution in [1.29, 1.82) is 0 Å². The Morgan fingerprint density at radius 2 is 1.61 bits per heavy atom. The number of benzene rings is 3. The normalized spacial score (nSPS) is 14.5. The second kappa shape index (κ2) is 9.20. The van der Waals surface area contributed by atoms with Crippen LogP contribution in [0.15, 0.2) is 60.7 Å². The molecular weight excluding hydrogens is 412 g/mol. The van der Waals surface area contributed by atoms with Gasteiger partial charge in [0.05, 0.1) is 32.0 Å². The Balaban J connectivity index is 1.72. The number of likely N-dealkylation sites (tertiary alicyclic amines) is 1. The summed E-state index contributed by atoms with van der Waals surface area (Å²) in [4.78, 5) is 20.9. The number of methoxy groups -OCH3 is 2. The summed E-state index contributed by atoms with van der Waals surface area (Å²) in [6.45, 7) is 2.41. The molecule has 0 unspecified atom stereocenters. The van der Waals surface area contributed by atoms with Crippen LogP contribution in [0.2, 0.25) is 0 Å². The quantitative estimate of drug-likeness (QED) is 0.283. The maximum atomic E-state index is 13.6. The molecule has 5 heteroatoms. The third kappa shape index (κ3) is 4.05. The van der Waals surface area contributed by atoms with Crippen molar-refractivity contribution in [1.82, 2.24) is 9.88 Å². The molecule has 1 aromatic heterocycles. The fourth-order valence-electron chi connectivity index (χ4n) is 4.81. The van der Waals surface area contributed by atoms with Crippen molar-refractivity contribution in [3.8, 4) is 22.8 Å². The van der Waals surface area contributed by atoms with Gasteiger partial charge in [0.15, 0.2) is 17.3 Å². The van der Waals surface area contributed by atoms with E-state index in [-0.39, 0.29) is 5.78 Å². The molecule has 0 bridgehead atoms. The van der Waals surface area contributed by atoms with E-state index in [4.69, 9.17) is 14.5 Å². The average Bonchev–Trinajstić information content (AvgIpc) is 2.88. The van der Waals surface area contributed by atoms with Gasteiger partial charge in [0.1, 0.15) is 0 Å². The predicted octanol–water partition coefficient (Wildman–Crippen LogP) is 5.74. The Labute approximate surface area is 193 Å². The molecule has 5 nitrogen and oxygen atoms in total. The van der Waals surface area contributed by atoms with Gasteiger partial charge in [-0.15, -0.1) is 0 Å². The molecule has 3 aromatic carbocycles. The second-order valence-electron chi connectivity index (χ2n) is 8.54. The fourth-order valence-corrected chi connectivity index (χ4v) is 4.81. The first-order valence-electron chi connectivity index (χ1n) is 11.5. The Hall–Kier alpha value is -3.44. The summed E-state index contributed by atoms with van der Waals surface area (Å²) in [5, 5.41) is 2.72. The summed E-state index contributed by atoms with van der Waals surface area (Å²) >= 11 is 0. The van der Waals surface area contributed by atoms with Crippen LogP contribution in [-0.2, 0) is 0 Å². The largest absolute Gasteiger partial charge is 0.493 e. The van der Waals surface area contributed by atoms with Crippen molar-refractivity contribution in [3.63, 3.8) is 0 Å². The number of piperidine rings is 1. The van der Waals surface area contributed by atoms with Gasteiger partial charge in [-0.1, -0.05) is 42.8 Å². The highest BCUT2D eigenvalue weighted by Crippen LogP contribution is 2.39. The van der Waals surface area contributed by atoms with E-state index in [1.54, 1.807) is 14.2 Å². The molecule has 0 aliphatic carbocycles. The molecule has 0 atom stereocenters. The molecule has 4 aromatic rings. The van der Waals surface area contributed by atoms with E-state index in [9.17, 15) is 4.79 Å². The standard InChI is InChI=1S/C28H28N2O3/c1-32-26-14-13-20-22(28(26)33-2)12-11-21-23(25(31)18-30-15-7-4-8-16-30)17-24(29-27(20)21)19-9-5-3-6-10-19/h3,5-6,9-14,17H,4,7-8,15-16,18H2,1-2H3. The summed E-state index contributed by atoms with van der Waals surface area (Å²) < 4.78 is 11.2. The highest BCUT2D eigenvalue weighted by atomic mass is 16.5. The number of aromatic nitrogens is 1. The molecule has 168 valence electrons. The van der Waals surface area contributed by atoms with Crippen molar-refractivity contribution in [2.24, 2.45) is 0 Å². The number of ketones is 1. The van der Waals surface area contributed by atoms with Crippen molar-refractivity contribution in [3.05, 3.63) is 66.2 Å². The minimum Gasteiger partial charge on any atom is -0.493 e. The Bertz CT molecular complexity index is 1310. The van der Waals surface area contributed by atoms with Crippen molar-refractivity contribution >= 4 is 27.5 Å². The van der Waals surface area contributed by atoms with Crippen LogP contribution in [0.25, 0.3) is 32.9 Å². The second-order valence-corrected chi connectivity index (χ2v) is 8.54. The number of hydrogen-bond acceptors (Lipinski definition) is 5. The molecule has 0 saturated carbocycles. The first kappa shape index (κ1) is 21.4. The molecule has 1 fully saturated rings. The van der Waals surface area contributed by atoms with E-state index in [2.05, 4.69) is 4.90 Å². The molecule has 0 spiro atoms. The number of Topliss-reactive ketones (excluding diaryl/α,β-unsaturated/α-hetero) is 1. The smallest absolute Gasteiger partial charge is 0.177 e. The minimum absolute atomic E-state index is 0.140. The van der Waals surface area contributed by atoms with Gasteiger partial charge in [-0.3, -0.25) is 9.69 Å². The molecule has 1 saturated heterocycles. The summed E-state index contributed by atoms with van der Waals surface area (Å²) in [5.41, 5.74) is 3.31. The molecule has 1 aliphatic rings. The van der Waals surface area contributed by atoms with E-state index in [0.717, 1.165) is 64.4 Å². The maximum absolute atomic E-state index is 13.6. The lowest BCUT2D eigenvalue weighted by Crippen LogP contribution is -2.34. The van der Waals surface area contributed by atoms with Crippen LogP contribution in [0, 0.1) is 0 Å². The summed E-state index contributed by atoms with van der Waals surface area (Å²) in [7, 11) is 3.27. The molecular formula is C28H28N2O3. The number of rotatable bonds is 6. The van der Waals surface area contributed by atoms with Crippen molar-refractivity contribution < 1.29 is 14.3 Å². The lowest BCUT2D eigenvalue weighted by atomic mass is 9.97. The van der Waals surface area contributed by atoms with Crippen LogP contribution < -0.4 is 9.47 Å². The fraction of sp³-hybridized carbons (Fsp3) is 0.286. The molecule has 0 radical (unpaired) electrons. The van der Waals surface area contributed by atoms with E-state index in [1.165, 1.54) is 6.42 Å². The van der Waals surface area contributed by atoms with Crippen molar-refractivity contribution in [2.45, 2.75) is 19.3 Å². The van der Waals surface area contributed by atoms with Crippen LogP contribution in [0.5, 0.6) is 11.5 Å². The van der Waals surface area contributed by atoms with Crippen LogP contribution in [-0.4, -0.2) is 49.5 Å². The van der Waals surface area contributed by atoms with Gasteiger partial charge in [0.2, 0.25) is 0 Å². The zero-order valence-electron chi connectivity index (χ0n) is 19.1. The highest BCUT2D eigenvalue weighted by Gasteiger charge is 2.21. The zero-order chi connectivity index (χ0) is 22.8. The lowest BCUT2D eigenvalue weighted by molar-refractivity contribution is 0.0917. The summed E-state index contributed by atoms with van der Waals surface area (Å²) in [5.74, 6) is 1.48. The number of fused-ring (bicyclic) bond motifs is 3. The van der Waals surface area contributed by atoms with Crippen LogP contribution >= 0.6 is 0 Å².